The van der Waals surface area contributed by atoms with Gasteiger partial charge in [-0.25, -0.2) is 0 Å². The number of hydrogen-bond acceptors (Lipinski definition) is 2. The van der Waals surface area contributed by atoms with E-state index < -0.39 is 0 Å². The highest BCUT2D eigenvalue weighted by Gasteiger charge is 2.09. The number of aromatic nitrogens is 1. The predicted octanol–water partition coefficient (Wildman–Crippen LogP) is 4.42. The van der Waals surface area contributed by atoms with Crippen LogP contribution in [-0.4, -0.2) is 11.7 Å². The summed E-state index contributed by atoms with van der Waals surface area (Å²) in [4.78, 5) is 0. The fourth-order valence-corrected chi connectivity index (χ4v) is 2.63. The maximum atomic E-state index is 6.09. The minimum absolute atomic E-state index is 0.470. The van der Waals surface area contributed by atoms with Crippen LogP contribution in [0.3, 0.4) is 0 Å². The van der Waals surface area contributed by atoms with E-state index in [1.165, 1.54) is 0 Å². The molecule has 0 aliphatic rings. The van der Waals surface area contributed by atoms with Crippen LogP contribution in [0.25, 0.3) is 10.9 Å². The highest BCUT2D eigenvalue weighted by molar-refractivity contribution is 6.31. The SMILES string of the molecule is COc1ccccc1OCc1cn(C)c2ccc(Cl)cc12. The molecule has 0 aliphatic heterocycles. The second-order valence-corrected chi connectivity index (χ2v) is 5.30. The van der Waals surface area contributed by atoms with Crippen LogP contribution in [0.1, 0.15) is 5.56 Å². The van der Waals surface area contributed by atoms with E-state index in [2.05, 4.69) is 10.8 Å². The Hall–Kier alpha value is -2.13. The molecule has 1 aromatic heterocycles. The molecule has 0 unspecified atom stereocenters. The Kier molecular flexibility index (Phi) is 3.76. The lowest BCUT2D eigenvalue weighted by Gasteiger charge is -2.09. The molecule has 0 aliphatic carbocycles. The van der Waals surface area contributed by atoms with Crippen LogP contribution in [0.15, 0.2) is 48.7 Å². The molecule has 3 nitrogen and oxygen atoms in total. The third kappa shape index (κ3) is 2.69. The van der Waals surface area contributed by atoms with Crippen LogP contribution in [0, 0.1) is 0 Å². The van der Waals surface area contributed by atoms with E-state index in [1.807, 2.05) is 49.5 Å². The van der Waals surface area contributed by atoms with Gasteiger partial charge in [0.15, 0.2) is 11.5 Å². The van der Waals surface area contributed by atoms with E-state index in [0.717, 1.165) is 33.0 Å². The molecular weight excluding hydrogens is 286 g/mol. The van der Waals surface area contributed by atoms with Gasteiger partial charge in [0.1, 0.15) is 6.61 Å². The van der Waals surface area contributed by atoms with E-state index in [1.54, 1.807) is 7.11 Å². The van der Waals surface area contributed by atoms with Gasteiger partial charge >= 0.3 is 0 Å². The average Bonchev–Trinajstić information content (AvgIpc) is 2.81. The van der Waals surface area contributed by atoms with Crippen molar-refractivity contribution in [1.29, 1.82) is 0 Å². The quantitative estimate of drug-likeness (QED) is 0.712. The van der Waals surface area contributed by atoms with Crippen molar-refractivity contribution in [3.05, 3.63) is 59.2 Å². The van der Waals surface area contributed by atoms with Crippen LogP contribution in [-0.2, 0) is 13.7 Å². The first kappa shape index (κ1) is 13.8. The minimum atomic E-state index is 0.470. The Morgan fingerprint density at radius 2 is 1.86 bits per heavy atom. The Bertz CT molecular complexity index is 780. The second-order valence-electron chi connectivity index (χ2n) is 4.87. The largest absolute Gasteiger partial charge is 0.493 e. The molecule has 0 saturated carbocycles. The first-order valence-corrected chi connectivity index (χ1v) is 7.06. The van der Waals surface area contributed by atoms with E-state index in [9.17, 15) is 0 Å². The Morgan fingerprint density at radius 3 is 2.62 bits per heavy atom. The number of halogens is 1. The standard InChI is InChI=1S/C17H16ClNO2/c1-19-10-12(14-9-13(18)7-8-15(14)19)11-21-17-6-4-3-5-16(17)20-2/h3-10H,11H2,1-2H3. The lowest BCUT2D eigenvalue weighted by molar-refractivity contribution is 0.285. The van der Waals surface area contributed by atoms with Crippen molar-refractivity contribution < 1.29 is 9.47 Å². The predicted molar refractivity (Wildman–Crippen MR) is 85.3 cm³/mol. The molecule has 0 radical (unpaired) electrons. The zero-order valence-electron chi connectivity index (χ0n) is 12.0. The van der Waals surface area contributed by atoms with Crippen molar-refractivity contribution in [3.63, 3.8) is 0 Å². The van der Waals surface area contributed by atoms with Gasteiger partial charge in [-0.1, -0.05) is 23.7 Å². The lowest BCUT2D eigenvalue weighted by atomic mass is 10.2. The number of aryl methyl sites for hydroxylation is 1. The topological polar surface area (TPSA) is 23.4 Å². The van der Waals surface area contributed by atoms with Gasteiger partial charge in [0.2, 0.25) is 0 Å². The summed E-state index contributed by atoms with van der Waals surface area (Å²) in [5, 5.41) is 1.84. The monoisotopic (exact) mass is 301 g/mol. The van der Waals surface area contributed by atoms with Gasteiger partial charge in [-0.05, 0) is 30.3 Å². The first-order chi connectivity index (χ1) is 10.2. The summed E-state index contributed by atoms with van der Waals surface area (Å²) in [6.45, 7) is 0.470. The summed E-state index contributed by atoms with van der Waals surface area (Å²) >= 11 is 6.09. The summed E-state index contributed by atoms with van der Waals surface area (Å²) < 4.78 is 13.3. The summed E-state index contributed by atoms with van der Waals surface area (Å²) in [5.41, 5.74) is 2.24. The number of fused-ring (bicyclic) bond motifs is 1. The Morgan fingerprint density at radius 1 is 1.10 bits per heavy atom. The van der Waals surface area contributed by atoms with Crippen LogP contribution in [0.4, 0.5) is 0 Å². The molecular formula is C17H16ClNO2. The molecule has 0 spiro atoms. The Labute approximate surface area is 128 Å². The number of rotatable bonds is 4. The highest BCUT2D eigenvalue weighted by Crippen LogP contribution is 2.29. The van der Waals surface area contributed by atoms with Crippen molar-refractivity contribution in [2.45, 2.75) is 6.61 Å². The average molecular weight is 302 g/mol. The number of benzene rings is 2. The number of para-hydroxylation sites is 2. The molecule has 108 valence electrons. The molecule has 3 aromatic rings. The smallest absolute Gasteiger partial charge is 0.161 e. The van der Waals surface area contributed by atoms with E-state index in [-0.39, 0.29) is 0 Å². The molecule has 0 amide bonds. The third-order valence-electron chi connectivity index (χ3n) is 3.49. The first-order valence-electron chi connectivity index (χ1n) is 6.68. The molecule has 0 bridgehead atoms. The molecule has 3 rings (SSSR count). The van der Waals surface area contributed by atoms with Gasteiger partial charge < -0.3 is 14.0 Å². The number of nitrogens with zero attached hydrogens (tertiary/aromatic N) is 1. The van der Waals surface area contributed by atoms with Crippen LogP contribution >= 0.6 is 11.6 Å². The van der Waals surface area contributed by atoms with Crippen molar-refractivity contribution >= 4 is 22.5 Å². The fraction of sp³-hybridized carbons (Fsp3) is 0.176. The van der Waals surface area contributed by atoms with Gasteiger partial charge in [0.25, 0.3) is 0 Å². The van der Waals surface area contributed by atoms with Crippen molar-refractivity contribution in [1.82, 2.24) is 4.57 Å². The summed E-state index contributed by atoms with van der Waals surface area (Å²) in [7, 11) is 3.66. The third-order valence-corrected chi connectivity index (χ3v) is 3.72. The van der Waals surface area contributed by atoms with Gasteiger partial charge in [-0.15, -0.1) is 0 Å². The number of methoxy groups -OCH3 is 1. The Balaban J connectivity index is 1.90. The van der Waals surface area contributed by atoms with Crippen molar-refractivity contribution in [2.75, 3.05) is 7.11 Å². The highest BCUT2D eigenvalue weighted by atomic mass is 35.5. The summed E-state index contributed by atoms with van der Waals surface area (Å²) in [5.74, 6) is 1.47. The van der Waals surface area contributed by atoms with Gasteiger partial charge in [0.05, 0.1) is 7.11 Å². The van der Waals surface area contributed by atoms with Crippen LogP contribution in [0.5, 0.6) is 11.5 Å². The zero-order valence-corrected chi connectivity index (χ0v) is 12.7. The summed E-state index contributed by atoms with van der Waals surface area (Å²) in [6, 6.07) is 13.5. The fourth-order valence-electron chi connectivity index (χ4n) is 2.45. The van der Waals surface area contributed by atoms with E-state index in [4.69, 9.17) is 21.1 Å². The molecule has 1 heterocycles. The minimum Gasteiger partial charge on any atom is -0.493 e. The van der Waals surface area contributed by atoms with Crippen molar-refractivity contribution in [2.24, 2.45) is 7.05 Å². The molecule has 4 heteroatoms. The molecule has 2 aromatic carbocycles. The molecule has 0 atom stereocenters. The summed E-state index contributed by atoms with van der Waals surface area (Å²) in [6.07, 6.45) is 2.07. The van der Waals surface area contributed by atoms with E-state index in [0.29, 0.717) is 6.61 Å². The normalized spacial score (nSPS) is 10.8. The molecule has 21 heavy (non-hydrogen) atoms. The second kappa shape index (κ2) is 5.70. The van der Waals surface area contributed by atoms with Gasteiger partial charge in [0, 0.05) is 34.7 Å². The lowest BCUT2D eigenvalue weighted by Crippen LogP contribution is -1.97. The van der Waals surface area contributed by atoms with Crippen LogP contribution < -0.4 is 9.47 Å². The number of ether oxygens (including phenoxy) is 2. The molecule has 0 N–H and O–H groups in total. The van der Waals surface area contributed by atoms with Crippen LogP contribution in [0.2, 0.25) is 5.02 Å². The molecule has 0 fully saturated rings. The van der Waals surface area contributed by atoms with Gasteiger partial charge in [-0.2, -0.15) is 0 Å². The number of hydrogen-bond donors (Lipinski definition) is 0. The van der Waals surface area contributed by atoms with Crippen molar-refractivity contribution in [3.8, 4) is 11.5 Å². The zero-order chi connectivity index (χ0) is 14.8. The molecule has 0 saturated heterocycles. The van der Waals surface area contributed by atoms with Gasteiger partial charge in [-0.3, -0.25) is 0 Å². The maximum Gasteiger partial charge on any atom is 0.161 e. The van der Waals surface area contributed by atoms with E-state index >= 15 is 0 Å². The maximum absolute atomic E-state index is 6.09.